The topological polar surface area (TPSA) is 74.6 Å². The molecule has 0 amide bonds. The van der Waals surface area contributed by atoms with Crippen LogP contribution in [-0.4, -0.2) is 32.7 Å². The summed E-state index contributed by atoms with van der Waals surface area (Å²) in [4.78, 5) is 25.2. The molecule has 0 aliphatic carbocycles. The minimum atomic E-state index is -1.20. The van der Waals surface area contributed by atoms with E-state index in [9.17, 15) is 19.8 Å². The molecular weight excluding hydrogens is 480 g/mol. The summed E-state index contributed by atoms with van der Waals surface area (Å²) in [6.45, 7) is 6.63. The van der Waals surface area contributed by atoms with Crippen LogP contribution >= 0.6 is 11.8 Å². The first-order valence-corrected chi connectivity index (χ1v) is 17.0. The molecular formula is C32H62O4S. The standard InChI is InChI=1S/C32H62O4S/c1-4-7-10-13-16-17-18-19-22-25-28-37-32(31(35)36,27-24-21-15-12-9-6-3)29(30(33)34)26-23-20-14-11-8-5-2/h29H,4-28H2,1-3H3,(H,33,34)(H,35,36). The fourth-order valence-corrected chi connectivity index (χ4v) is 6.91. The summed E-state index contributed by atoms with van der Waals surface area (Å²) in [6.07, 6.45) is 26.5. The van der Waals surface area contributed by atoms with Crippen molar-refractivity contribution < 1.29 is 19.8 Å². The van der Waals surface area contributed by atoms with Gasteiger partial charge in [-0.1, -0.05) is 156 Å². The molecule has 0 spiro atoms. The maximum atomic E-state index is 12.7. The molecule has 2 unspecified atom stereocenters. The van der Waals surface area contributed by atoms with Gasteiger partial charge in [-0.05, 0) is 25.0 Å². The van der Waals surface area contributed by atoms with E-state index >= 15 is 0 Å². The molecule has 0 aliphatic rings. The highest BCUT2D eigenvalue weighted by Gasteiger charge is 2.49. The van der Waals surface area contributed by atoms with Gasteiger partial charge in [0, 0.05) is 0 Å². The summed E-state index contributed by atoms with van der Waals surface area (Å²) in [5.41, 5.74) is 0. The van der Waals surface area contributed by atoms with Crippen LogP contribution in [0.5, 0.6) is 0 Å². The Balaban J connectivity index is 4.89. The van der Waals surface area contributed by atoms with E-state index in [1.165, 1.54) is 102 Å². The Bertz CT molecular complexity index is 539. The second-order valence-electron chi connectivity index (χ2n) is 11.2. The lowest BCUT2D eigenvalue weighted by molar-refractivity contribution is -0.152. The molecule has 0 bridgehead atoms. The van der Waals surface area contributed by atoms with E-state index in [1.807, 2.05) is 0 Å². The third-order valence-corrected chi connectivity index (χ3v) is 9.50. The average Bonchev–Trinajstić information content (AvgIpc) is 2.87. The van der Waals surface area contributed by atoms with Gasteiger partial charge >= 0.3 is 11.9 Å². The predicted molar refractivity (Wildman–Crippen MR) is 162 cm³/mol. The second-order valence-corrected chi connectivity index (χ2v) is 12.6. The fourth-order valence-electron chi connectivity index (χ4n) is 5.36. The molecule has 37 heavy (non-hydrogen) atoms. The smallest absolute Gasteiger partial charge is 0.320 e. The normalized spacial score (nSPS) is 13.9. The number of rotatable bonds is 29. The molecule has 0 aromatic rings. The van der Waals surface area contributed by atoms with E-state index in [0.717, 1.165) is 57.1 Å². The Morgan fingerprint density at radius 3 is 1.35 bits per heavy atom. The highest BCUT2D eigenvalue weighted by Crippen LogP contribution is 2.42. The van der Waals surface area contributed by atoms with Crippen molar-refractivity contribution in [3.05, 3.63) is 0 Å². The molecule has 220 valence electrons. The van der Waals surface area contributed by atoms with Crippen LogP contribution in [0.1, 0.15) is 175 Å². The molecule has 2 atom stereocenters. The third kappa shape index (κ3) is 18.3. The summed E-state index contributed by atoms with van der Waals surface area (Å²) in [5, 5.41) is 20.6. The van der Waals surface area contributed by atoms with E-state index in [0.29, 0.717) is 12.8 Å². The Kier molecular flexibility index (Phi) is 25.1. The number of hydrogen-bond acceptors (Lipinski definition) is 3. The SMILES string of the molecule is CCCCCCCCCCCCSC(CCCCCCCC)(C(=O)O)C(CCCCCCCC)C(=O)O. The Hall–Kier alpha value is -0.710. The summed E-state index contributed by atoms with van der Waals surface area (Å²) < 4.78 is -1.20. The number of carboxylic acids is 2. The van der Waals surface area contributed by atoms with Crippen LogP contribution in [0, 0.1) is 5.92 Å². The quantitative estimate of drug-likeness (QED) is 0.0919. The largest absolute Gasteiger partial charge is 0.481 e. The van der Waals surface area contributed by atoms with E-state index in [4.69, 9.17) is 0 Å². The molecule has 0 rings (SSSR count). The third-order valence-electron chi connectivity index (χ3n) is 7.83. The predicted octanol–water partition coefficient (Wildman–Crippen LogP) is 10.7. The number of unbranched alkanes of at least 4 members (excludes halogenated alkanes) is 19. The summed E-state index contributed by atoms with van der Waals surface area (Å²) in [6, 6.07) is 0. The van der Waals surface area contributed by atoms with Gasteiger partial charge in [0.05, 0.1) is 5.92 Å². The number of carboxylic acid groups (broad SMARTS) is 2. The van der Waals surface area contributed by atoms with Crippen LogP contribution in [0.2, 0.25) is 0 Å². The van der Waals surface area contributed by atoms with E-state index in [2.05, 4.69) is 20.8 Å². The van der Waals surface area contributed by atoms with Crippen molar-refractivity contribution >= 4 is 23.7 Å². The molecule has 0 heterocycles. The van der Waals surface area contributed by atoms with Crippen LogP contribution < -0.4 is 0 Å². The van der Waals surface area contributed by atoms with Crippen LogP contribution in [0.25, 0.3) is 0 Å². The van der Waals surface area contributed by atoms with Gasteiger partial charge in [-0.3, -0.25) is 9.59 Å². The number of hydrogen-bond donors (Lipinski definition) is 2. The first kappa shape index (κ1) is 36.3. The van der Waals surface area contributed by atoms with Crippen LogP contribution in [0.15, 0.2) is 0 Å². The van der Waals surface area contributed by atoms with Crippen LogP contribution in [0.3, 0.4) is 0 Å². The molecule has 0 radical (unpaired) electrons. The minimum Gasteiger partial charge on any atom is -0.481 e. The average molecular weight is 543 g/mol. The van der Waals surface area contributed by atoms with Gasteiger partial charge in [0.2, 0.25) is 0 Å². The van der Waals surface area contributed by atoms with Crippen molar-refractivity contribution in [2.75, 3.05) is 5.75 Å². The lowest BCUT2D eigenvalue weighted by Gasteiger charge is -2.35. The zero-order valence-corrected chi connectivity index (χ0v) is 25.7. The number of carbonyl (C=O) groups is 2. The first-order chi connectivity index (χ1) is 18.0. The summed E-state index contributed by atoms with van der Waals surface area (Å²) >= 11 is 1.45. The van der Waals surface area contributed by atoms with Crippen molar-refractivity contribution in [2.45, 2.75) is 180 Å². The molecule has 0 aliphatic heterocycles. The van der Waals surface area contributed by atoms with Gasteiger partial charge in [0.1, 0.15) is 4.75 Å². The number of thioether (sulfide) groups is 1. The van der Waals surface area contributed by atoms with Gasteiger partial charge in [0.25, 0.3) is 0 Å². The molecule has 0 aromatic heterocycles. The fraction of sp³-hybridized carbons (Fsp3) is 0.938. The second kappa shape index (κ2) is 25.6. The molecule has 0 saturated carbocycles. The van der Waals surface area contributed by atoms with Gasteiger partial charge in [-0.25, -0.2) is 0 Å². The van der Waals surface area contributed by atoms with Crippen molar-refractivity contribution in [2.24, 2.45) is 5.92 Å². The van der Waals surface area contributed by atoms with E-state index in [1.54, 1.807) is 0 Å². The summed E-state index contributed by atoms with van der Waals surface area (Å²) in [7, 11) is 0. The maximum Gasteiger partial charge on any atom is 0.320 e. The van der Waals surface area contributed by atoms with Crippen molar-refractivity contribution in [3.63, 3.8) is 0 Å². The van der Waals surface area contributed by atoms with Crippen molar-refractivity contribution in [1.82, 2.24) is 0 Å². The molecule has 0 saturated heterocycles. The molecule has 0 aromatic carbocycles. The Morgan fingerprint density at radius 1 is 0.568 bits per heavy atom. The van der Waals surface area contributed by atoms with E-state index < -0.39 is 22.6 Å². The molecule has 0 fully saturated rings. The monoisotopic (exact) mass is 542 g/mol. The van der Waals surface area contributed by atoms with Gasteiger partial charge in [-0.2, -0.15) is 0 Å². The maximum absolute atomic E-state index is 12.7. The van der Waals surface area contributed by atoms with Crippen LogP contribution in [0.4, 0.5) is 0 Å². The van der Waals surface area contributed by atoms with Gasteiger partial charge in [-0.15, -0.1) is 11.8 Å². The summed E-state index contributed by atoms with van der Waals surface area (Å²) in [5.74, 6) is -1.88. The minimum absolute atomic E-state index is 0.476. The molecule has 5 heteroatoms. The molecule has 2 N–H and O–H groups in total. The zero-order valence-electron chi connectivity index (χ0n) is 24.9. The van der Waals surface area contributed by atoms with Crippen LogP contribution in [-0.2, 0) is 9.59 Å². The Morgan fingerprint density at radius 2 is 0.946 bits per heavy atom. The number of aliphatic carboxylic acids is 2. The highest BCUT2D eigenvalue weighted by molar-refractivity contribution is 8.01. The Labute approximate surface area is 234 Å². The molecule has 4 nitrogen and oxygen atoms in total. The lowest BCUT2D eigenvalue weighted by atomic mass is 9.82. The zero-order chi connectivity index (χ0) is 27.6. The highest BCUT2D eigenvalue weighted by atomic mass is 32.2. The lowest BCUT2D eigenvalue weighted by Crippen LogP contribution is -2.47. The van der Waals surface area contributed by atoms with Crippen molar-refractivity contribution in [1.29, 1.82) is 0 Å². The first-order valence-electron chi connectivity index (χ1n) is 16.1. The van der Waals surface area contributed by atoms with Gasteiger partial charge < -0.3 is 10.2 Å². The van der Waals surface area contributed by atoms with Crippen molar-refractivity contribution in [3.8, 4) is 0 Å². The van der Waals surface area contributed by atoms with E-state index in [-0.39, 0.29) is 0 Å². The van der Waals surface area contributed by atoms with Gasteiger partial charge in [0.15, 0.2) is 0 Å².